The third-order valence-electron chi connectivity index (χ3n) is 4.66. The highest BCUT2D eigenvalue weighted by Crippen LogP contribution is 2.27. The van der Waals surface area contributed by atoms with Crippen molar-refractivity contribution in [3.63, 3.8) is 0 Å². The van der Waals surface area contributed by atoms with Crippen molar-refractivity contribution in [1.29, 1.82) is 0 Å². The Bertz CT molecular complexity index is 1140. The van der Waals surface area contributed by atoms with Crippen LogP contribution in [0.4, 0.5) is 0 Å². The van der Waals surface area contributed by atoms with E-state index in [1.807, 2.05) is 39.0 Å². The van der Waals surface area contributed by atoms with Crippen LogP contribution in [-0.4, -0.2) is 40.4 Å². The second-order valence-electron chi connectivity index (χ2n) is 7.67. The molecule has 0 fully saturated rings. The van der Waals surface area contributed by atoms with Gasteiger partial charge >= 0.3 is 0 Å². The van der Waals surface area contributed by atoms with Crippen molar-refractivity contribution in [2.75, 3.05) is 20.0 Å². The average molecular weight is 445 g/mol. The van der Waals surface area contributed by atoms with Gasteiger partial charge in [-0.1, -0.05) is 31.7 Å². The van der Waals surface area contributed by atoms with Crippen LogP contribution >= 0.6 is 11.8 Å². The van der Waals surface area contributed by atoms with Crippen molar-refractivity contribution in [2.24, 2.45) is 5.92 Å². The van der Waals surface area contributed by atoms with E-state index in [2.05, 4.69) is 15.3 Å². The normalized spacial score (nSPS) is 11.2. The summed E-state index contributed by atoms with van der Waals surface area (Å²) in [6.45, 7) is 6.88. The Morgan fingerprint density at radius 2 is 1.97 bits per heavy atom. The second-order valence-corrected chi connectivity index (χ2v) is 8.61. The molecule has 1 aromatic carbocycles. The number of hydrogen-bond donors (Lipinski definition) is 2. The van der Waals surface area contributed by atoms with Crippen molar-refractivity contribution in [3.8, 4) is 11.5 Å². The monoisotopic (exact) mass is 444 g/mol. The van der Waals surface area contributed by atoms with Gasteiger partial charge in [0.1, 0.15) is 5.52 Å². The Morgan fingerprint density at radius 3 is 2.65 bits per heavy atom. The Kier molecular flexibility index (Phi) is 7.27. The van der Waals surface area contributed by atoms with Crippen LogP contribution in [0.1, 0.15) is 25.1 Å². The summed E-state index contributed by atoms with van der Waals surface area (Å²) in [5, 5.41) is 3.44. The Balaban J connectivity index is 1.70. The van der Waals surface area contributed by atoms with Crippen LogP contribution in [0, 0.1) is 12.8 Å². The van der Waals surface area contributed by atoms with Crippen LogP contribution in [0.15, 0.2) is 34.2 Å². The van der Waals surface area contributed by atoms with Crippen molar-refractivity contribution in [2.45, 2.75) is 39.0 Å². The molecule has 0 atom stereocenters. The quantitative estimate of drug-likeness (QED) is 0.389. The van der Waals surface area contributed by atoms with E-state index in [-0.39, 0.29) is 23.1 Å². The topological polar surface area (TPSA) is 98.2 Å². The van der Waals surface area contributed by atoms with Gasteiger partial charge in [0.15, 0.2) is 16.7 Å². The van der Waals surface area contributed by atoms with Crippen molar-refractivity contribution < 1.29 is 14.3 Å². The summed E-state index contributed by atoms with van der Waals surface area (Å²) in [5.41, 5.74) is 2.79. The molecular weight excluding hydrogens is 416 g/mol. The number of benzene rings is 1. The molecule has 0 unspecified atom stereocenters. The van der Waals surface area contributed by atoms with Crippen LogP contribution < -0.4 is 20.3 Å². The minimum absolute atomic E-state index is 0.111. The lowest BCUT2D eigenvalue weighted by atomic mass is 10.2. The molecule has 3 rings (SSSR count). The van der Waals surface area contributed by atoms with Crippen LogP contribution in [0.3, 0.4) is 0 Å². The van der Waals surface area contributed by atoms with Gasteiger partial charge in [0.25, 0.3) is 5.56 Å². The predicted molar refractivity (Wildman–Crippen MR) is 122 cm³/mol. The minimum Gasteiger partial charge on any atom is -0.493 e. The number of aryl methyl sites for hydroxylation is 1. The second kappa shape index (κ2) is 9.91. The number of nitrogens with zero attached hydrogens (tertiary/aromatic N) is 2. The van der Waals surface area contributed by atoms with E-state index in [0.29, 0.717) is 40.8 Å². The molecule has 0 saturated carbocycles. The maximum atomic E-state index is 12.9. The van der Waals surface area contributed by atoms with Crippen molar-refractivity contribution in [3.05, 3.63) is 45.9 Å². The van der Waals surface area contributed by atoms with Crippen molar-refractivity contribution >= 4 is 28.7 Å². The molecule has 2 aromatic heterocycles. The zero-order valence-electron chi connectivity index (χ0n) is 18.4. The van der Waals surface area contributed by atoms with E-state index in [1.165, 1.54) is 11.8 Å². The van der Waals surface area contributed by atoms with Gasteiger partial charge in [-0.3, -0.25) is 14.2 Å². The third-order valence-corrected chi connectivity index (χ3v) is 5.63. The van der Waals surface area contributed by atoms with Crippen LogP contribution in [0.2, 0.25) is 0 Å². The largest absolute Gasteiger partial charge is 0.493 e. The third kappa shape index (κ3) is 5.41. The zero-order chi connectivity index (χ0) is 22.5. The number of carbonyl (C=O) groups is 1. The number of aromatic nitrogens is 3. The molecule has 9 heteroatoms. The van der Waals surface area contributed by atoms with Crippen LogP contribution in [-0.2, 0) is 17.9 Å². The molecule has 2 heterocycles. The number of methoxy groups -OCH3 is 2. The molecule has 0 saturated heterocycles. The van der Waals surface area contributed by atoms with Gasteiger partial charge in [0.05, 0.1) is 25.5 Å². The average Bonchev–Trinajstić information content (AvgIpc) is 3.13. The number of H-pyrrole nitrogens is 1. The molecule has 0 aliphatic carbocycles. The van der Waals surface area contributed by atoms with Gasteiger partial charge in [0.2, 0.25) is 5.91 Å². The van der Waals surface area contributed by atoms with Crippen molar-refractivity contribution in [1.82, 2.24) is 19.9 Å². The lowest BCUT2D eigenvalue weighted by Gasteiger charge is -2.14. The number of carbonyl (C=O) groups excluding carboxylic acids is 1. The van der Waals surface area contributed by atoms with Gasteiger partial charge in [-0.15, -0.1) is 0 Å². The predicted octanol–water partition coefficient (Wildman–Crippen LogP) is 3.11. The minimum atomic E-state index is -0.143. The van der Waals surface area contributed by atoms with Gasteiger partial charge in [-0.2, -0.15) is 0 Å². The number of rotatable bonds is 9. The van der Waals surface area contributed by atoms with E-state index in [4.69, 9.17) is 9.47 Å². The summed E-state index contributed by atoms with van der Waals surface area (Å²) in [4.78, 5) is 33.1. The molecule has 1 amide bonds. The first-order valence-corrected chi connectivity index (χ1v) is 11.0. The Labute approximate surface area is 185 Å². The lowest BCUT2D eigenvalue weighted by Crippen LogP contribution is -2.27. The Hall–Kier alpha value is -2.94. The molecule has 8 nitrogen and oxygen atoms in total. The maximum absolute atomic E-state index is 12.9. The van der Waals surface area contributed by atoms with E-state index < -0.39 is 0 Å². The summed E-state index contributed by atoms with van der Waals surface area (Å²) >= 11 is 1.27. The molecule has 0 aliphatic heterocycles. The fourth-order valence-electron chi connectivity index (χ4n) is 3.22. The van der Waals surface area contributed by atoms with Gasteiger partial charge in [-0.05, 0) is 36.6 Å². The number of aromatic amines is 1. The summed E-state index contributed by atoms with van der Waals surface area (Å²) < 4.78 is 12.2. The summed E-state index contributed by atoms with van der Waals surface area (Å²) in [5.74, 6) is 1.53. The molecule has 3 aromatic rings. The number of nitrogens with one attached hydrogen (secondary N) is 2. The summed E-state index contributed by atoms with van der Waals surface area (Å²) in [6.07, 6.45) is 0. The van der Waals surface area contributed by atoms with E-state index in [1.54, 1.807) is 24.9 Å². The fourth-order valence-corrected chi connectivity index (χ4v) is 4.06. The number of hydrogen-bond acceptors (Lipinski definition) is 6. The molecule has 0 aliphatic rings. The molecule has 0 bridgehead atoms. The number of ether oxygens (including phenoxy) is 2. The van der Waals surface area contributed by atoms with E-state index >= 15 is 0 Å². The van der Waals surface area contributed by atoms with Crippen LogP contribution in [0.5, 0.6) is 11.5 Å². The highest BCUT2D eigenvalue weighted by Gasteiger charge is 2.16. The highest BCUT2D eigenvalue weighted by atomic mass is 32.2. The van der Waals surface area contributed by atoms with Crippen LogP contribution in [0.25, 0.3) is 11.0 Å². The maximum Gasteiger partial charge on any atom is 0.278 e. The highest BCUT2D eigenvalue weighted by molar-refractivity contribution is 7.99. The summed E-state index contributed by atoms with van der Waals surface area (Å²) in [6, 6.07) is 7.35. The first-order valence-electron chi connectivity index (χ1n) is 10.0. The first-order chi connectivity index (χ1) is 14.8. The van der Waals surface area contributed by atoms with Gasteiger partial charge in [-0.25, -0.2) is 4.98 Å². The van der Waals surface area contributed by atoms with Gasteiger partial charge < -0.3 is 19.8 Å². The van der Waals surface area contributed by atoms with E-state index in [9.17, 15) is 9.59 Å². The molecule has 2 N–H and O–H groups in total. The summed E-state index contributed by atoms with van der Waals surface area (Å²) in [7, 11) is 3.15. The first kappa shape index (κ1) is 22.7. The Morgan fingerprint density at radius 1 is 1.23 bits per heavy atom. The zero-order valence-corrected chi connectivity index (χ0v) is 19.3. The fraction of sp³-hybridized carbons (Fsp3) is 0.409. The van der Waals surface area contributed by atoms with E-state index in [0.717, 1.165) is 11.3 Å². The molecular formula is C22H28N4O4S. The molecule has 0 spiro atoms. The molecule has 166 valence electrons. The number of amides is 1. The lowest BCUT2D eigenvalue weighted by molar-refractivity contribution is -0.118. The number of thioether (sulfide) groups is 1. The standard InChI is InChI=1S/C22H28N4O4S/c1-13(2)11-26-21(28)20-16(8-14(3)24-20)25-22(26)31-12-19(27)23-10-15-6-7-17(29-4)18(9-15)30-5/h6-9,13,24H,10-12H2,1-5H3,(H,23,27). The van der Waals surface area contributed by atoms with Gasteiger partial charge in [0, 0.05) is 18.8 Å². The molecule has 31 heavy (non-hydrogen) atoms. The smallest absolute Gasteiger partial charge is 0.278 e. The molecule has 0 radical (unpaired) electrons. The number of fused-ring (bicyclic) bond motifs is 1. The SMILES string of the molecule is COc1ccc(CNC(=O)CSc2nc3cc(C)[nH]c3c(=O)n2CC(C)C)cc1OC.